The van der Waals surface area contributed by atoms with Crippen LogP contribution in [0, 0.1) is 0 Å². The predicted octanol–water partition coefficient (Wildman–Crippen LogP) is 2.83. The van der Waals surface area contributed by atoms with Crippen molar-refractivity contribution in [3.05, 3.63) is 34.7 Å². The molecule has 0 saturated carbocycles. The van der Waals surface area contributed by atoms with Crippen molar-refractivity contribution >= 4 is 21.4 Å². The van der Waals surface area contributed by atoms with Crippen molar-refractivity contribution in [1.29, 1.82) is 0 Å². The SMILES string of the molecule is CN(C)CCCOCc1c(CN)sc2ccccc12. The average molecular weight is 278 g/mol. The quantitative estimate of drug-likeness (QED) is 0.792. The molecule has 2 aromatic rings. The summed E-state index contributed by atoms with van der Waals surface area (Å²) >= 11 is 1.78. The lowest BCUT2D eigenvalue weighted by molar-refractivity contribution is 0.113. The van der Waals surface area contributed by atoms with Crippen LogP contribution in [-0.4, -0.2) is 32.1 Å². The fraction of sp³-hybridized carbons (Fsp3) is 0.467. The van der Waals surface area contributed by atoms with Gasteiger partial charge in [0.2, 0.25) is 0 Å². The van der Waals surface area contributed by atoms with Gasteiger partial charge in [0.15, 0.2) is 0 Å². The van der Waals surface area contributed by atoms with Crippen molar-refractivity contribution in [3.8, 4) is 0 Å². The van der Waals surface area contributed by atoms with Gasteiger partial charge in [-0.3, -0.25) is 0 Å². The van der Waals surface area contributed by atoms with Crippen LogP contribution in [0.4, 0.5) is 0 Å². The summed E-state index contributed by atoms with van der Waals surface area (Å²) < 4.78 is 7.10. The van der Waals surface area contributed by atoms with Gasteiger partial charge in [0.1, 0.15) is 0 Å². The zero-order valence-electron chi connectivity index (χ0n) is 11.7. The summed E-state index contributed by atoms with van der Waals surface area (Å²) in [5.41, 5.74) is 7.10. The monoisotopic (exact) mass is 278 g/mol. The van der Waals surface area contributed by atoms with Crippen LogP contribution in [0.5, 0.6) is 0 Å². The van der Waals surface area contributed by atoms with Gasteiger partial charge in [-0.05, 0) is 38.5 Å². The lowest BCUT2D eigenvalue weighted by atomic mass is 10.1. The van der Waals surface area contributed by atoms with Gasteiger partial charge in [-0.15, -0.1) is 11.3 Å². The molecule has 0 bridgehead atoms. The Balaban J connectivity index is 1.99. The van der Waals surface area contributed by atoms with Gasteiger partial charge < -0.3 is 15.4 Å². The number of ether oxygens (including phenoxy) is 1. The van der Waals surface area contributed by atoms with Crippen molar-refractivity contribution in [2.45, 2.75) is 19.6 Å². The first-order valence-corrected chi connectivity index (χ1v) is 7.46. The molecule has 0 aliphatic carbocycles. The molecular formula is C15H22N2OS. The molecule has 2 rings (SSSR count). The van der Waals surface area contributed by atoms with Crippen LogP contribution < -0.4 is 5.73 Å². The number of rotatable bonds is 7. The van der Waals surface area contributed by atoms with Gasteiger partial charge in [-0.1, -0.05) is 18.2 Å². The third kappa shape index (κ3) is 3.76. The van der Waals surface area contributed by atoms with Crippen LogP contribution in [0.1, 0.15) is 16.9 Å². The van der Waals surface area contributed by atoms with E-state index in [1.165, 1.54) is 20.5 Å². The van der Waals surface area contributed by atoms with E-state index in [-0.39, 0.29) is 0 Å². The molecule has 0 saturated heterocycles. The third-order valence-electron chi connectivity index (χ3n) is 3.11. The van der Waals surface area contributed by atoms with Crippen LogP contribution in [0.25, 0.3) is 10.1 Å². The Labute approximate surface area is 119 Å². The highest BCUT2D eigenvalue weighted by Gasteiger charge is 2.10. The molecule has 104 valence electrons. The molecule has 19 heavy (non-hydrogen) atoms. The maximum Gasteiger partial charge on any atom is 0.0734 e. The summed E-state index contributed by atoms with van der Waals surface area (Å²) in [7, 11) is 4.16. The Morgan fingerprint density at radius 1 is 1.26 bits per heavy atom. The molecule has 4 heteroatoms. The Bertz CT molecular complexity index is 522. The van der Waals surface area contributed by atoms with Crippen molar-refractivity contribution in [2.75, 3.05) is 27.2 Å². The van der Waals surface area contributed by atoms with Gasteiger partial charge >= 0.3 is 0 Å². The standard InChI is InChI=1S/C15H22N2OS/c1-17(2)8-5-9-18-11-13-12-6-3-4-7-14(12)19-15(13)10-16/h3-4,6-7H,5,8-11,16H2,1-2H3. The molecule has 0 atom stereocenters. The molecule has 1 aromatic carbocycles. The minimum Gasteiger partial charge on any atom is -0.377 e. The lowest BCUT2D eigenvalue weighted by Crippen LogP contribution is -2.14. The Morgan fingerprint density at radius 2 is 2.05 bits per heavy atom. The third-order valence-corrected chi connectivity index (χ3v) is 4.34. The van der Waals surface area contributed by atoms with Crippen molar-refractivity contribution in [3.63, 3.8) is 0 Å². The molecule has 0 unspecified atom stereocenters. The summed E-state index contributed by atoms with van der Waals surface area (Å²) in [6, 6.07) is 8.45. The molecule has 0 spiro atoms. The van der Waals surface area contributed by atoms with Crippen molar-refractivity contribution in [2.24, 2.45) is 5.73 Å². The van der Waals surface area contributed by atoms with Crippen LogP contribution in [-0.2, 0) is 17.9 Å². The summed E-state index contributed by atoms with van der Waals surface area (Å²) in [5, 5.41) is 1.29. The number of benzene rings is 1. The van der Waals surface area contributed by atoms with Crippen LogP contribution >= 0.6 is 11.3 Å². The Morgan fingerprint density at radius 3 is 2.79 bits per heavy atom. The first-order valence-electron chi connectivity index (χ1n) is 6.64. The maximum absolute atomic E-state index is 5.83. The second-order valence-electron chi connectivity index (χ2n) is 4.91. The smallest absolute Gasteiger partial charge is 0.0734 e. The van der Waals surface area contributed by atoms with Gasteiger partial charge in [0.25, 0.3) is 0 Å². The summed E-state index contributed by atoms with van der Waals surface area (Å²) in [6.07, 6.45) is 1.06. The largest absolute Gasteiger partial charge is 0.377 e. The van der Waals surface area contributed by atoms with E-state index in [0.29, 0.717) is 13.2 Å². The molecule has 1 aromatic heterocycles. The summed E-state index contributed by atoms with van der Waals surface area (Å²) in [4.78, 5) is 3.42. The van der Waals surface area contributed by atoms with Crippen LogP contribution in [0.15, 0.2) is 24.3 Å². The molecular weight excluding hydrogens is 256 g/mol. The second-order valence-corrected chi connectivity index (χ2v) is 6.05. The van der Waals surface area contributed by atoms with Crippen molar-refractivity contribution in [1.82, 2.24) is 4.90 Å². The van der Waals surface area contributed by atoms with E-state index in [2.05, 4.69) is 43.3 Å². The Hall–Kier alpha value is -0.940. The van der Waals surface area contributed by atoms with Gasteiger partial charge in [0.05, 0.1) is 6.61 Å². The number of fused-ring (bicyclic) bond motifs is 1. The summed E-state index contributed by atoms with van der Waals surface area (Å²) in [5.74, 6) is 0. The number of hydrogen-bond donors (Lipinski definition) is 1. The van der Waals surface area contributed by atoms with E-state index in [1.807, 2.05) is 0 Å². The predicted molar refractivity (Wildman–Crippen MR) is 82.5 cm³/mol. The van der Waals surface area contributed by atoms with E-state index in [1.54, 1.807) is 11.3 Å². The first kappa shape index (κ1) is 14.5. The number of nitrogens with zero attached hydrogens (tertiary/aromatic N) is 1. The van der Waals surface area contributed by atoms with E-state index < -0.39 is 0 Å². The highest BCUT2D eigenvalue weighted by Crippen LogP contribution is 2.31. The van der Waals surface area contributed by atoms with Crippen LogP contribution in [0.2, 0.25) is 0 Å². The molecule has 0 aliphatic rings. The molecule has 0 amide bonds. The first-order chi connectivity index (χ1) is 9.22. The van der Waals surface area contributed by atoms with Gasteiger partial charge in [-0.25, -0.2) is 0 Å². The van der Waals surface area contributed by atoms with Crippen molar-refractivity contribution < 1.29 is 4.74 Å². The van der Waals surface area contributed by atoms with Gasteiger partial charge in [-0.2, -0.15) is 0 Å². The maximum atomic E-state index is 5.83. The molecule has 0 fully saturated rings. The van der Waals surface area contributed by atoms with Crippen LogP contribution in [0.3, 0.4) is 0 Å². The number of hydrogen-bond acceptors (Lipinski definition) is 4. The minimum atomic E-state index is 0.593. The highest BCUT2D eigenvalue weighted by molar-refractivity contribution is 7.19. The molecule has 2 N–H and O–H groups in total. The number of nitrogens with two attached hydrogens (primary N) is 1. The van der Waals surface area contributed by atoms with Gasteiger partial charge in [0, 0.05) is 28.3 Å². The second kappa shape index (κ2) is 7.01. The van der Waals surface area contributed by atoms with E-state index >= 15 is 0 Å². The lowest BCUT2D eigenvalue weighted by Gasteiger charge is -2.09. The fourth-order valence-electron chi connectivity index (χ4n) is 2.13. The molecule has 0 radical (unpaired) electrons. The molecule has 0 aliphatic heterocycles. The van der Waals surface area contributed by atoms with E-state index in [4.69, 9.17) is 10.5 Å². The minimum absolute atomic E-state index is 0.593. The summed E-state index contributed by atoms with van der Waals surface area (Å²) in [6.45, 7) is 3.13. The average Bonchev–Trinajstić information content (AvgIpc) is 2.76. The zero-order chi connectivity index (χ0) is 13.7. The Kier molecular flexibility index (Phi) is 5.34. The number of thiophene rings is 1. The zero-order valence-corrected chi connectivity index (χ0v) is 12.5. The fourth-order valence-corrected chi connectivity index (χ4v) is 3.22. The normalized spacial score (nSPS) is 11.6. The van der Waals surface area contributed by atoms with E-state index in [0.717, 1.165) is 19.6 Å². The molecule has 3 nitrogen and oxygen atoms in total. The van der Waals surface area contributed by atoms with E-state index in [9.17, 15) is 0 Å². The topological polar surface area (TPSA) is 38.5 Å². The highest BCUT2D eigenvalue weighted by atomic mass is 32.1. The molecule has 1 heterocycles.